The number of thiophene rings is 1. The van der Waals surface area contributed by atoms with Crippen LogP contribution in [0.15, 0.2) is 6.33 Å². The van der Waals surface area contributed by atoms with E-state index in [1.807, 2.05) is 11.3 Å². The number of rotatable bonds is 7. The number of fused-ring (bicyclic) bond motifs is 3. The van der Waals surface area contributed by atoms with E-state index in [2.05, 4.69) is 21.8 Å². The summed E-state index contributed by atoms with van der Waals surface area (Å²) in [6.07, 6.45) is 5.25. The van der Waals surface area contributed by atoms with Gasteiger partial charge >= 0.3 is 0 Å². The summed E-state index contributed by atoms with van der Waals surface area (Å²) in [4.78, 5) is 14.0. The third kappa shape index (κ3) is 3.49. The Bertz CT molecular complexity index is 651. The van der Waals surface area contributed by atoms with Gasteiger partial charge in [-0.25, -0.2) is 9.97 Å². The molecule has 1 aliphatic carbocycles. The predicted octanol–water partition coefficient (Wildman–Crippen LogP) is 2.92. The van der Waals surface area contributed by atoms with Gasteiger partial charge in [-0.15, -0.1) is 11.3 Å². The molecule has 0 N–H and O–H groups in total. The molecule has 0 amide bonds. The minimum absolute atomic E-state index is 0.679. The number of aryl methyl sites for hydroxylation is 1. The van der Waals surface area contributed by atoms with E-state index in [9.17, 15) is 0 Å². The van der Waals surface area contributed by atoms with Crippen molar-refractivity contribution in [1.82, 2.24) is 9.97 Å². The molecule has 3 rings (SSSR count). The van der Waals surface area contributed by atoms with Crippen molar-refractivity contribution in [2.75, 3.05) is 45.4 Å². The molecule has 0 radical (unpaired) electrons. The van der Waals surface area contributed by atoms with Crippen LogP contribution in [0.4, 0.5) is 5.82 Å². The molecule has 0 spiro atoms. The van der Waals surface area contributed by atoms with Crippen molar-refractivity contribution in [1.29, 1.82) is 0 Å². The van der Waals surface area contributed by atoms with Crippen molar-refractivity contribution in [3.8, 4) is 0 Å². The van der Waals surface area contributed by atoms with Gasteiger partial charge in [0.1, 0.15) is 17.0 Å². The first-order chi connectivity index (χ1) is 11.2. The maximum atomic E-state index is 5.27. The molecule has 2 heterocycles. The molecule has 0 saturated carbocycles. The maximum absolute atomic E-state index is 5.27. The summed E-state index contributed by atoms with van der Waals surface area (Å²) >= 11 is 1.84. The smallest absolute Gasteiger partial charge is 0.141 e. The molecule has 5 nitrogen and oxygen atoms in total. The van der Waals surface area contributed by atoms with Crippen molar-refractivity contribution in [3.05, 3.63) is 16.8 Å². The number of methoxy groups -OCH3 is 2. The van der Waals surface area contributed by atoms with E-state index in [1.165, 1.54) is 28.7 Å². The average molecular weight is 335 g/mol. The first-order valence-corrected chi connectivity index (χ1v) is 9.04. The molecule has 2 aromatic heterocycles. The lowest BCUT2D eigenvalue weighted by Gasteiger charge is -2.25. The molecule has 6 heteroatoms. The molecule has 0 unspecified atom stereocenters. The van der Waals surface area contributed by atoms with E-state index in [0.717, 1.165) is 36.1 Å². The van der Waals surface area contributed by atoms with Crippen molar-refractivity contribution >= 4 is 27.4 Å². The molecule has 0 saturated heterocycles. The van der Waals surface area contributed by atoms with Crippen molar-refractivity contribution < 1.29 is 9.47 Å². The standard InChI is InChI=1S/C17H25N3O2S/c1-12-4-5-13-14(10-12)23-17-15(13)16(18-11-19-17)20(6-8-21-2)7-9-22-3/h11-12H,4-10H2,1-3H3/t12-/m0/s1. The summed E-state index contributed by atoms with van der Waals surface area (Å²) in [6, 6.07) is 0. The van der Waals surface area contributed by atoms with Gasteiger partial charge in [0.2, 0.25) is 0 Å². The lowest BCUT2D eigenvalue weighted by atomic mass is 9.89. The third-order valence-corrected chi connectivity index (χ3v) is 5.66. The van der Waals surface area contributed by atoms with Crippen LogP contribution in [0.1, 0.15) is 23.8 Å². The van der Waals surface area contributed by atoms with Gasteiger partial charge in [-0.1, -0.05) is 6.92 Å². The Morgan fingerprint density at radius 3 is 2.65 bits per heavy atom. The summed E-state index contributed by atoms with van der Waals surface area (Å²) in [5, 5.41) is 1.26. The Hall–Kier alpha value is -1.24. The average Bonchev–Trinajstić information content (AvgIpc) is 2.92. The van der Waals surface area contributed by atoms with Crippen LogP contribution in [0, 0.1) is 5.92 Å². The van der Waals surface area contributed by atoms with Gasteiger partial charge in [-0.2, -0.15) is 0 Å². The summed E-state index contributed by atoms with van der Waals surface area (Å²) in [6.45, 7) is 5.32. The zero-order valence-corrected chi connectivity index (χ0v) is 15.0. The first kappa shape index (κ1) is 16.6. The number of nitrogens with zero attached hydrogens (tertiary/aromatic N) is 3. The maximum Gasteiger partial charge on any atom is 0.141 e. The second kappa shape index (κ2) is 7.55. The molecular formula is C17H25N3O2S. The van der Waals surface area contributed by atoms with E-state index in [4.69, 9.17) is 9.47 Å². The van der Waals surface area contributed by atoms with Crippen LogP contribution in [-0.2, 0) is 22.3 Å². The van der Waals surface area contributed by atoms with Gasteiger partial charge in [-0.05, 0) is 30.7 Å². The van der Waals surface area contributed by atoms with Crippen LogP contribution in [0.25, 0.3) is 10.2 Å². The van der Waals surface area contributed by atoms with Gasteiger partial charge in [0.15, 0.2) is 0 Å². The summed E-state index contributed by atoms with van der Waals surface area (Å²) in [5.41, 5.74) is 1.47. The Labute approximate surface area is 141 Å². The monoisotopic (exact) mass is 335 g/mol. The molecule has 1 aliphatic rings. The highest BCUT2D eigenvalue weighted by molar-refractivity contribution is 7.19. The van der Waals surface area contributed by atoms with Crippen LogP contribution >= 0.6 is 11.3 Å². The molecule has 0 fully saturated rings. The Morgan fingerprint density at radius 2 is 1.96 bits per heavy atom. The van der Waals surface area contributed by atoms with Crippen LogP contribution < -0.4 is 4.90 Å². The summed E-state index contributed by atoms with van der Waals surface area (Å²) in [5.74, 6) is 1.81. The van der Waals surface area contributed by atoms with Gasteiger partial charge in [0.25, 0.3) is 0 Å². The highest BCUT2D eigenvalue weighted by Crippen LogP contribution is 2.40. The second-order valence-electron chi connectivity index (χ2n) is 6.20. The Morgan fingerprint density at radius 1 is 1.22 bits per heavy atom. The lowest BCUT2D eigenvalue weighted by molar-refractivity contribution is 0.190. The predicted molar refractivity (Wildman–Crippen MR) is 94.6 cm³/mol. The quantitative estimate of drug-likeness (QED) is 0.778. The van der Waals surface area contributed by atoms with Gasteiger partial charge < -0.3 is 14.4 Å². The van der Waals surface area contributed by atoms with Crippen molar-refractivity contribution in [2.24, 2.45) is 5.92 Å². The zero-order chi connectivity index (χ0) is 16.2. The van der Waals surface area contributed by atoms with E-state index < -0.39 is 0 Å². The number of hydrogen-bond donors (Lipinski definition) is 0. The highest BCUT2D eigenvalue weighted by atomic mass is 32.1. The van der Waals surface area contributed by atoms with Crippen LogP contribution in [-0.4, -0.2) is 50.5 Å². The number of hydrogen-bond acceptors (Lipinski definition) is 6. The molecule has 23 heavy (non-hydrogen) atoms. The number of aromatic nitrogens is 2. The SMILES string of the molecule is COCCN(CCOC)c1ncnc2sc3c(c12)CC[C@H](C)C3. The minimum Gasteiger partial charge on any atom is -0.383 e. The van der Waals surface area contributed by atoms with E-state index in [0.29, 0.717) is 13.2 Å². The summed E-state index contributed by atoms with van der Waals surface area (Å²) < 4.78 is 10.5. The normalized spacial score (nSPS) is 17.4. The molecule has 1 atom stereocenters. The third-order valence-electron chi connectivity index (χ3n) is 4.50. The van der Waals surface area contributed by atoms with Gasteiger partial charge in [0.05, 0.1) is 18.6 Å². The van der Waals surface area contributed by atoms with E-state index in [-0.39, 0.29) is 0 Å². The fourth-order valence-corrected chi connectivity index (χ4v) is 4.57. The molecule has 2 aromatic rings. The summed E-state index contributed by atoms with van der Waals surface area (Å²) in [7, 11) is 3.47. The first-order valence-electron chi connectivity index (χ1n) is 8.22. The highest BCUT2D eigenvalue weighted by Gasteiger charge is 2.24. The van der Waals surface area contributed by atoms with Crippen LogP contribution in [0.3, 0.4) is 0 Å². The fourth-order valence-electron chi connectivity index (χ4n) is 3.22. The van der Waals surface area contributed by atoms with E-state index in [1.54, 1.807) is 20.5 Å². The van der Waals surface area contributed by atoms with Crippen molar-refractivity contribution in [2.45, 2.75) is 26.2 Å². The lowest BCUT2D eigenvalue weighted by Crippen LogP contribution is -2.31. The van der Waals surface area contributed by atoms with Crippen molar-refractivity contribution in [3.63, 3.8) is 0 Å². The fraction of sp³-hybridized carbons (Fsp3) is 0.647. The topological polar surface area (TPSA) is 47.5 Å². The molecule has 126 valence electrons. The van der Waals surface area contributed by atoms with Gasteiger partial charge in [-0.3, -0.25) is 0 Å². The molecular weight excluding hydrogens is 310 g/mol. The minimum atomic E-state index is 0.679. The largest absolute Gasteiger partial charge is 0.383 e. The molecule has 0 aliphatic heterocycles. The Kier molecular flexibility index (Phi) is 5.46. The molecule has 0 aromatic carbocycles. The molecule has 0 bridgehead atoms. The van der Waals surface area contributed by atoms with Crippen LogP contribution in [0.5, 0.6) is 0 Å². The zero-order valence-electron chi connectivity index (χ0n) is 14.2. The van der Waals surface area contributed by atoms with E-state index >= 15 is 0 Å². The number of ether oxygens (including phenoxy) is 2. The Balaban J connectivity index is 2.01. The number of anilines is 1. The second-order valence-corrected chi connectivity index (χ2v) is 7.29. The van der Waals surface area contributed by atoms with Gasteiger partial charge in [0, 0.05) is 32.2 Å². The van der Waals surface area contributed by atoms with Crippen LogP contribution in [0.2, 0.25) is 0 Å².